The van der Waals surface area contributed by atoms with Crippen LogP contribution in [0.15, 0.2) is 43.0 Å². The van der Waals surface area contributed by atoms with E-state index in [2.05, 4.69) is 36.2 Å². The lowest BCUT2D eigenvalue weighted by Crippen LogP contribution is -2.61. The van der Waals surface area contributed by atoms with Crippen LogP contribution in [0.2, 0.25) is 0 Å². The lowest BCUT2D eigenvalue weighted by molar-refractivity contribution is -0.144. The summed E-state index contributed by atoms with van der Waals surface area (Å²) in [4.78, 5) is 91.3. The molecule has 2 aromatic heterocycles. The number of aliphatic carboxylic acids is 1. The van der Waals surface area contributed by atoms with Gasteiger partial charge in [0.05, 0.1) is 12.4 Å². The van der Waals surface area contributed by atoms with Gasteiger partial charge >= 0.3 is 5.97 Å². The Morgan fingerprint density at radius 3 is 2.31 bits per heavy atom. The van der Waals surface area contributed by atoms with Crippen molar-refractivity contribution in [3.63, 3.8) is 0 Å². The predicted octanol–water partition coefficient (Wildman–Crippen LogP) is 0.740. The minimum absolute atomic E-state index is 0.00838. The lowest BCUT2D eigenvalue weighted by Gasteiger charge is -2.31. The van der Waals surface area contributed by atoms with Crippen molar-refractivity contribution in [2.45, 2.75) is 103 Å². The first-order chi connectivity index (χ1) is 24.7. The fourth-order valence-electron chi connectivity index (χ4n) is 6.21. The van der Waals surface area contributed by atoms with Crippen LogP contribution in [0, 0.1) is 11.8 Å². The number of nitrogens with two attached hydrogens (primary N) is 1. The van der Waals surface area contributed by atoms with Gasteiger partial charge in [-0.1, -0.05) is 52.3 Å². The zero-order valence-electron chi connectivity index (χ0n) is 30.3. The molecule has 0 aliphatic carbocycles. The molecule has 7 atom stereocenters. The third kappa shape index (κ3) is 9.75. The van der Waals surface area contributed by atoms with Crippen LogP contribution in [-0.4, -0.2) is 103 Å². The minimum Gasteiger partial charge on any atom is -0.480 e. The molecular formula is C36H51N9O7. The zero-order valence-corrected chi connectivity index (χ0v) is 30.3. The molecule has 52 heavy (non-hydrogen) atoms. The number of amides is 5. The molecule has 3 aromatic rings. The maximum atomic E-state index is 14.1. The number of imidazole rings is 1. The molecule has 16 heteroatoms. The Kier molecular flexibility index (Phi) is 13.5. The summed E-state index contributed by atoms with van der Waals surface area (Å²) in [5, 5.41) is 21.1. The number of benzene rings is 1. The van der Waals surface area contributed by atoms with Crippen LogP contribution in [0.3, 0.4) is 0 Å². The van der Waals surface area contributed by atoms with E-state index in [1.54, 1.807) is 27.0 Å². The Bertz CT molecular complexity index is 1720. The van der Waals surface area contributed by atoms with Crippen molar-refractivity contribution in [1.82, 2.24) is 41.1 Å². The monoisotopic (exact) mass is 721 g/mol. The Hall–Kier alpha value is -5.25. The fourth-order valence-corrected chi connectivity index (χ4v) is 6.21. The van der Waals surface area contributed by atoms with Gasteiger partial charge in [0.15, 0.2) is 0 Å². The van der Waals surface area contributed by atoms with Gasteiger partial charge in [-0.05, 0) is 43.2 Å². The van der Waals surface area contributed by atoms with Crippen LogP contribution in [-0.2, 0) is 41.6 Å². The van der Waals surface area contributed by atoms with Gasteiger partial charge in [0.1, 0.15) is 30.2 Å². The van der Waals surface area contributed by atoms with Crippen LogP contribution in [0.1, 0.15) is 65.1 Å². The summed E-state index contributed by atoms with van der Waals surface area (Å²) in [6, 6.07) is 1.26. The molecule has 1 aromatic carbocycles. The second-order valence-corrected chi connectivity index (χ2v) is 13.9. The summed E-state index contributed by atoms with van der Waals surface area (Å²) in [7, 11) is 0. The van der Waals surface area contributed by atoms with Crippen molar-refractivity contribution < 1.29 is 33.9 Å². The number of carbonyl (C=O) groups is 6. The number of fused-ring (bicyclic) bond motifs is 1. The lowest BCUT2D eigenvalue weighted by atomic mass is 9.96. The smallest absolute Gasteiger partial charge is 0.325 e. The summed E-state index contributed by atoms with van der Waals surface area (Å²) in [6.45, 7) is 8.83. The Labute approximate surface area is 302 Å². The molecule has 0 saturated carbocycles. The molecule has 7 unspecified atom stereocenters. The molecule has 0 bridgehead atoms. The van der Waals surface area contributed by atoms with E-state index in [0.717, 1.165) is 16.5 Å². The molecule has 1 aliphatic heterocycles. The maximum Gasteiger partial charge on any atom is 0.325 e. The van der Waals surface area contributed by atoms with Gasteiger partial charge in [-0.15, -0.1) is 0 Å². The summed E-state index contributed by atoms with van der Waals surface area (Å²) >= 11 is 0. The van der Waals surface area contributed by atoms with E-state index in [1.807, 2.05) is 31.2 Å². The Balaban J connectivity index is 1.58. The van der Waals surface area contributed by atoms with Gasteiger partial charge in [0.2, 0.25) is 29.5 Å². The number of nitrogens with zero attached hydrogens (tertiary/aromatic N) is 2. The summed E-state index contributed by atoms with van der Waals surface area (Å²) in [6.07, 6.45) is 6.17. The molecule has 0 radical (unpaired) electrons. The van der Waals surface area contributed by atoms with Crippen LogP contribution < -0.4 is 27.0 Å². The number of aromatic nitrogens is 3. The molecule has 5 amide bonds. The largest absolute Gasteiger partial charge is 0.480 e. The molecule has 1 fully saturated rings. The molecule has 9 N–H and O–H groups in total. The number of hydrogen-bond donors (Lipinski definition) is 8. The highest BCUT2D eigenvalue weighted by Crippen LogP contribution is 2.22. The second-order valence-electron chi connectivity index (χ2n) is 13.9. The number of H-pyrrole nitrogens is 2. The highest BCUT2D eigenvalue weighted by atomic mass is 16.4. The number of likely N-dealkylation sites (tertiary alicyclic amines) is 1. The summed E-state index contributed by atoms with van der Waals surface area (Å²) in [5.74, 6) is -4.67. The molecular weight excluding hydrogens is 670 g/mol. The highest BCUT2D eigenvalue weighted by Gasteiger charge is 2.40. The van der Waals surface area contributed by atoms with Gasteiger partial charge in [-0.2, -0.15) is 0 Å². The summed E-state index contributed by atoms with van der Waals surface area (Å²) in [5.41, 5.74) is 8.33. The van der Waals surface area contributed by atoms with Crippen molar-refractivity contribution in [2.24, 2.45) is 17.6 Å². The number of carboxylic acid groups (broad SMARTS) is 1. The van der Waals surface area contributed by atoms with Crippen molar-refractivity contribution in [3.8, 4) is 0 Å². The first-order valence-corrected chi connectivity index (χ1v) is 17.7. The quantitative estimate of drug-likeness (QED) is 0.0979. The third-order valence-corrected chi connectivity index (χ3v) is 9.71. The van der Waals surface area contributed by atoms with Crippen molar-refractivity contribution in [3.05, 3.63) is 54.2 Å². The van der Waals surface area contributed by atoms with Gasteiger partial charge < -0.3 is 47.0 Å². The van der Waals surface area contributed by atoms with Crippen molar-refractivity contribution in [2.75, 3.05) is 6.54 Å². The predicted molar refractivity (Wildman–Crippen MR) is 192 cm³/mol. The van der Waals surface area contributed by atoms with Crippen molar-refractivity contribution >= 4 is 46.4 Å². The van der Waals surface area contributed by atoms with Gasteiger partial charge in [0.25, 0.3) is 0 Å². The van der Waals surface area contributed by atoms with Gasteiger partial charge in [-0.3, -0.25) is 28.8 Å². The van der Waals surface area contributed by atoms with Crippen LogP contribution >= 0.6 is 0 Å². The van der Waals surface area contributed by atoms with Crippen LogP contribution in [0.4, 0.5) is 0 Å². The van der Waals surface area contributed by atoms with E-state index < -0.39 is 77.7 Å². The molecule has 1 aliphatic rings. The molecule has 0 spiro atoms. The molecule has 4 rings (SSSR count). The molecule has 282 valence electrons. The van der Waals surface area contributed by atoms with E-state index in [9.17, 15) is 33.9 Å². The van der Waals surface area contributed by atoms with Crippen LogP contribution in [0.5, 0.6) is 0 Å². The van der Waals surface area contributed by atoms with Gasteiger partial charge in [0, 0.05) is 48.4 Å². The van der Waals surface area contributed by atoms with E-state index in [1.165, 1.54) is 24.3 Å². The number of hydrogen-bond acceptors (Lipinski definition) is 8. The first kappa shape index (κ1) is 39.5. The Morgan fingerprint density at radius 1 is 0.942 bits per heavy atom. The maximum absolute atomic E-state index is 14.1. The topological polar surface area (TPSA) is 244 Å². The number of carboxylic acids is 1. The van der Waals surface area contributed by atoms with E-state index in [4.69, 9.17) is 5.73 Å². The zero-order chi connectivity index (χ0) is 38.1. The number of aromatic amines is 2. The van der Waals surface area contributed by atoms with E-state index >= 15 is 0 Å². The average molecular weight is 722 g/mol. The number of carbonyl (C=O) groups excluding carboxylic acids is 5. The average Bonchev–Trinajstić information content (AvgIpc) is 3.91. The third-order valence-electron chi connectivity index (χ3n) is 9.71. The minimum atomic E-state index is -1.21. The Morgan fingerprint density at radius 2 is 1.65 bits per heavy atom. The summed E-state index contributed by atoms with van der Waals surface area (Å²) < 4.78 is 0. The number of para-hydroxylation sites is 1. The molecule has 3 heterocycles. The first-order valence-electron chi connectivity index (χ1n) is 17.7. The van der Waals surface area contributed by atoms with Crippen molar-refractivity contribution in [1.29, 1.82) is 0 Å². The van der Waals surface area contributed by atoms with E-state index in [-0.39, 0.29) is 25.3 Å². The van der Waals surface area contributed by atoms with E-state index in [0.29, 0.717) is 25.0 Å². The highest BCUT2D eigenvalue weighted by molar-refractivity contribution is 5.97. The normalized spacial score (nSPS) is 17.8. The SMILES string of the molecule is CCC(C)C(NC(=O)C(Cc1c[nH]c2ccccc12)NC(=O)C(N)C(C)C)C(=O)NC(Cc1cnc[nH]1)C(=O)N1CCCC1C(=O)NC(C)C(=O)O. The molecule has 16 nitrogen and oxygen atoms in total. The van der Waals surface area contributed by atoms with Gasteiger partial charge in [-0.25, -0.2) is 4.98 Å². The number of nitrogens with one attached hydrogen (secondary N) is 6. The fraction of sp³-hybridized carbons (Fsp3) is 0.528. The standard InChI is InChI=1S/C36H51N9O7/c1-6-20(4)30(44-31(46)26(42-33(48)29(37)19(2)3)14-22-16-39-25-11-8-7-10-24(22)25)34(49)43-27(15-23-17-38-18-40-23)35(50)45-13-9-12-28(45)32(47)41-21(5)36(51)52/h7-8,10-11,16-21,26-30,39H,6,9,12-15,37H2,1-5H3,(H,38,40)(H,41,47)(H,42,48)(H,43,49)(H,44,46)(H,51,52). The number of rotatable bonds is 17. The van der Waals surface area contributed by atoms with Crippen LogP contribution in [0.25, 0.3) is 10.9 Å². The molecule has 1 saturated heterocycles. The second kappa shape index (κ2) is 17.8.